The lowest BCUT2D eigenvalue weighted by Gasteiger charge is -2.07. The molecule has 1 atom stereocenters. The van der Waals surface area contributed by atoms with Crippen molar-refractivity contribution in [1.29, 1.82) is 0 Å². The Morgan fingerprint density at radius 1 is 1.18 bits per heavy atom. The van der Waals surface area contributed by atoms with E-state index in [1.165, 1.54) is 21.9 Å². The second-order valence-electron chi connectivity index (χ2n) is 4.17. The molecule has 0 saturated heterocycles. The highest BCUT2D eigenvalue weighted by molar-refractivity contribution is 7.15. The van der Waals surface area contributed by atoms with Crippen LogP contribution in [0.15, 0.2) is 36.4 Å². The topological polar surface area (TPSA) is 12.0 Å². The van der Waals surface area contributed by atoms with Crippen LogP contribution in [0, 0.1) is 5.82 Å². The van der Waals surface area contributed by atoms with Gasteiger partial charge in [0.25, 0.3) is 0 Å². The summed E-state index contributed by atoms with van der Waals surface area (Å²) in [7, 11) is 1.96. The Morgan fingerprint density at radius 3 is 2.53 bits per heavy atom. The summed E-state index contributed by atoms with van der Waals surface area (Å²) >= 11 is 1.78. The van der Waals surface area contributed by atoms with E-state index in [1.54, 1.807) is 11.3 Å². The minimum absolute atomic E-state index is 0.186. The Hall–Kier alpha value is -1.19. The van der Waals surface area contributed by atoms with Gasteiger partial charge in [-0.15, -0.1) is 11.3 Å². The first-order valence-electron chi connectivity index (χ1n) is 5.71. The van der Waals surface area contributed by atoms with Gasteiger partial charge in [-0.05, 0) is 36.9 Å². The van der Waals surface area contributed by atoms with E-state index in [4.69, 9.17) is 0 Å². The van der Waals surface area contributed by atoms with Gasteiger partial charge in [0.2, 0.25) is 0 Å². The molecule has 2 rings (SSSR count). The molecule has 0 fully saturated rings. The van der Waals surface area contributed by atoms with E-state index in [9.17, 15) is 4.39 Å². The molecule has 0 spiro atoms. The van der Waals surface area contributed by atoms with Crippen LogP contribution in [0.2, 0.25) is 0 Å². The summed E-state index contributed by atoms with van der Waals surface area (Å²) in [5, 5.41) is 3.18. The van der Waals surface area contributed by atoms with Crippen molar-refractivity contribution in [1.82, 2.24) is 5.32 Å². The lowest BCUT2D eigenvalue weighted by molar-refractivity contribution is 0.628. The van der Waals surface area contributed by atoms with Gasteiger partial charge in [0.05, 0.1) is 0 Å². The third kappa shape index (κ3) is 2.93. The molecular weight excluding hydrogens is 233 g/mol. The van der Waals surface area contributed by atoms with Gasteiger partial charge in [-0.2, -0.15) is 0 Å². The minimum Gasteiger partial charge on any atom is -0.319 e. The van der Waals surface area contributed by atoms with Crippen LogP contribution in [0.5, 0.6) is 0 Å². The summed E-state index contributed by atoms with van der Waals surface area (Å²) in [6.45, 7) is 3.18. The first kappa shape index (κ1) is 12.3. The molecule has 90 valence electrons. The number of rotatable bonds is 4. The number of nitrogens with one attached hydrogen (secondary N) is 1. The van der Waals surface area contributed by atoms with Crippen molar-refractivity contribution < 1.29 is 4.39 Å². The molecule has 3 heteroatoms. The molecule has 0 aliphatic heterocycles. The summed E-state index contributed by atoms with van der Waals surface area (Å²) < 4.78 is 12.8. The lowest BCUT2D eigenvalue weighted by Crippen LogP contribution is -2.13. The fourth-order valence-corrected chi connectivity index (χ4v) is 2.86. The molecule has 0 aliphatic carbocycles. The summed E-state index contributed by atoms with van der Waals surface area (Å²) in [4.78, 5) is 2.56. The monoisotopic (exact) mass is 249 g/mol. The minimum atomic E-state index is -0.186. The van der Waals surface area contributed by atoms with Gasteiger partial charge in [0, 0.05) is 22.2 Å². The van der Waals surface area contributed by atoms with Crippen LogP contribution < -0.4 is 5.32 Å². The molecule has 17 heavy (non-hydrogen) atoms. The molecule has 1 nitrogen and oxygen atoms in total. The van der Waals surface area contributed by atoms with E-state index in [1.807, 2.05) is 19.2 Å². The van der Waals surface area contributed by atoms with Crippen LogP contribution in [0.3, 0.4) is 0 Å². The van der Waals surface area contributed by atoms with Crippen molar-refractivity contribution >= 4 is 11.3 Å². The average Bonchev–Trinajstić information content (AvgIpc) is 2.80. The third-order valence-electron chi connectivity index (χ3n) is 2.75. The maximum Gasteiger partial charge on any atom is 0.123 e. The van der Waals surface area contributed by atoms with Gasteiger partial charge >= 0.3 is 0 Å². The molecule has 0 amide bonds. The zero-order chi connectivity index (χ0) is 12.3. The summed E-state index contributed by atoms with van der Waals surface area (Å²) in [5.41, 5.74) is 1.08. The molecular formula is C14H16FNS. The molecule has 1 aromatic carbocycles. The quantitative estimate of drug-likeness (QED) is 0.867. The van der Waals surface area contributed by atoms with Crippen LogP contribution in [0.1, 0.15) is 17.7 Å². The Kier molecular flexibility index (Phi) is 3.92. The van der Waals surface area contributed by atoms with Gasteiger partial charge in [0.15, 0.2) is 0 Å². The van der Waals surface area contributed by atoms with Crippen LogP contribution in [0.25, 0.3) is 10.4 Å². The molecule has 0 radical (unpaired) electrons. The van der Waals surface area contributed by atoms with Crippen LogP contribution in [-0.4, -0.2) is 13.6 Å². The maximum atomic E-state index is 12.8. The van der Waals surface area contributed by atoms with E-state index in [-0.39, 0.29) is 5.82 Å². The molecule has 0 bridgehead atoms. The summed E-state index contributed by atoms with van der Waals surface area (Å²) in [5.74, 6) is 0.327. The van der Waals surface area contributed by atoms with Crippen LogP contribution >= 0.6 is 11.3 Å². The fraction of sp³-hybridized carbons (Fsp3) is 0.286. The highest BCUT2D eigenvalue weighted by Crippen LogP contribution is 2.31. The molecule has 0 saturated carbocycles. The van der Waals surface area contributed by atoms with Gasteiger partial charge in [-0.3, -0.25) is 0 Å². The number of hydrogen-bond donors (Lipinski definition) is 1. The fourth-order valence-electron chi connectivity index (χ4n) is 1.79. The van der Waals surface area contributed by atoms with Crippen molar-refractivity contribution in [3.8, 4) is 10.4 Å². The van der Waals surface area contributed by atoms with Gasteiger partial charge < -0.3 is 5.32 Å². The van der Waals surface area contributed by atoms with Crippen molar-refractivity contribution in [2.45, 2.75) is 12.8 Å². The first-order valence-corrected chi connectivity index (χ1v) is 6.52. The van der Waals surface area contributed by atoms with Crippen molar-refractivity contribution in [2.24, 2.45) is 0 Å². The molecule has 0 aliphatic rings. The smallest absolute Gasteiger partial charge is 0.123 e. The lowest BCUT2D eigenvalue weighted by atomic mass is 10.1. The van der Waals surface area contributed by atoms with Crippen molar-refractivity contribution in [3.63, 3.8) is 0 Å². The zero-order valence-electron chi connectivity index (χ0n) is 10.0. The molecule has 1 aromatic heterocycles. The standard InChI is InChI=1S/C14H16FNS/c1-10(9-16-2)13-7-8-14(17-13)11-3-5-12(15)6-4-11/h3-8,10,16H,9H2,1-2H3. The van der Waals surface area contributed by atoms with E-state index in [0.29, 0.717) is 5.92 Å². The van der Waals surface area contributed by atoms with Crippen molar-refractivity contribution in [2.75, 3.05) is 13.6 Å². The van der Waals surface area contributed by atoms with Crippen LogP contribution in [0.4, 0.5) is 4.39 Å². The Labute approximate surface area is 105 Å². The highest BCUT2D eigenvalue weighted by Gasteiger charge is 2.08. The highest BCUT2D eigenvalue weighted by atomic mass is 32.1. The number of benzene rings is 1. The molecule has 1 N–H and O–H groups in total. The third-order valence-corrected chi connectivity index (χ3v) is 4.12. The predicted molar refractivity (Wildman–Crippen MR) is 72.1 cm³/mol. The second-order valence-corrected chi connectivity index (χ2v) is 5.28. The SMILES string of the molecule is CNCC(C)c1ccc(-c2ccc(F)cc2)s1. The number of hydrogen-bond acceptors (Lipinski definition) is 2. The van der Waals surface area contributed by atoms with E-state index < -0.39 is 0 Å². The van der Waals surface area contributed by atoms with E-state index in [2.05, 4.69) is 24.4 Å². The molecule has 1 unspecified atom stereocenters. The number of halogens is 1. The van der Waals surface area contributed by atoms with Crippen LogP contribution in [-0.2, 0) is 0 Å². The second kappa shape index (κ2) is 5.43. The summed E-state index contributed by atoms with van der Waals surface area (Å²) in [6, 6.07) is 10.9. The Balaban J connectivity index is 2.20. The van der Waals surface area contributed by atoms with E-state index >= 15 is 0 Å². The predicted octanol–water partition coefficient (Wildman–Crippen LogP) is 3.88. The van der Waals surface area contributed by atoms with Gasteiger partial charge in [0.1, 0.15) is 5.82 Å². The largest absolute Gasteiger partial charge is 0.319 e. The molecule has 2 aromatic rings. The van der Waals surface area contributed by atoms with Crippen molar-refractivity contribution in [3.05, 3.63) is 47.1 Å². The zero-order valence-corrected chi connectivity index (χ0v) is 10.9. The average molecular weight is 249 g/mol. The Bertz CT molecular complexity index is 475. The summed E-state index contributed by atoms with van der Waals surface area (Å²) in [6.07, 6.45) is 0. The number of thiophene rings is 1. The van der Waals surface area contributed by atoms with Gasteiger partial charge in [-0.25, -0.2) is 4.39 Å². The van der Waals surface area contributed by atoms with E-state index in [0.717, 1.165) is 12.1 Å². The Morgan fingerprint density at radius 2 is 1.88 bits per heavy atom. The van der Waals surface area contributed by atoms with Gasteiger partial charge in [-0.1, -0.05) is 19.1 Å². The maximum absolute atomic E-state index is 12.8. The number of likely N-dealkylation sites (N-methyl/N-ethyl adjacent to an activating group) is 1. The molecule has 1 heterocycles. The normalized spacial score (nSPS) is 12.6. The first-order chi connectivity index (χ1) is 8.20.